The van der Waals surface area contributed by atoms with Crippen molar-refractivity contribution < 1.29 is 14.5 Å². The van der Waals surface area contributed by atoms with Gasteiger partial charge in [0, 0.05) is 14.5 Å². The molecule has 0 saturated heterocycles. The smallest absolute Gasteiger partial charge is 0.320 e. The lowest BCUT2D eigenvalue weighted by Crippen LogP contribution is -2.19. The van der Waals surface area contributed by atoms with E-state index in [-0.39, 0.29) is 12.2 Å². The molecule has 1 aromatic heterocycles. The Labute approximate surface area is 188 Å². The van der Waals surface area contributed by atoms with E-state index in [1.54, 1.807) is 18.2 Å². The lowest BCUT2D eigenvalue weighted by molar-refractivity contribution is -0.385. The van der Waals surface area contributed by atoms with Crippen LogP contribution in [0.2, 0.25) is 0 Å². The highest BCUT2D eigenvalue weighted by Gasteiger charge is 2.25. The summed E-state index contributed by atoms with van der Waals surface area (Å²) < 4.78 is 8.29. The molecule has 9 nitrogen and oxygen atoms in total. The molecule has 0 radical (unpaired) electrons. The topological polar surface area (TPSA) is 112 Å². The highest BCUT2D eigenvalue weighted by molar-refractivity contribution is 9.10. The molecule has 30 heavy (non-hydrogen) atoms. The van der Waals surface area contributed by atoms with Crippen LogP contribution in [0.15, 0.2) is 62.7 Å². The number of nitrogens with one attached hydrogen (secondary N) is 1. The van der Waals surface area contributed by atoms with Crippen molar-refractivity contribution in [3.05, 3.63) is 84.5 Å². The summed E-state index contributed by atoms with van der Waals surface area (Å²) in [5.41, 5.74) is 3.04. The Hall–Kier alpha value is -3.05. The fraction of sp³-hybridized carbons (Fsp3) is 0.105. The predicted octanol–water partition coefficient (Wildman–Crippen LogP) is 4.14. The lowest BCUT2D eigenvalue weighted by atomic mass is 10.2. The quantitative estimate of drug-likeness (QED) is 0.277. The Morgan fingerprint density at radius 3 is 2.63 bits per heavy atom. The first-order chi connectivity index (χ1) is 14.4. The van der Waals surface area contributed by atoms with E-state index < -0.39 is 16.5 Å². The highest BCUT2D eigenvalue weighted by Crippen LogP contribution is 2.21. The van der Waals surface area contributed by atoms with E-state index in [9.17, 15) is 14.9 Å². The molecule has 0 aliphatic rings. The van der Waals surface area contributed by atoms with Crippen molar-refractivity contribution in [2.45, 2.75) is 6.54 Å². The highest BCUT2D eigenvalue weighted by atomic mass is 79.9. The van der Waals surface area contributed by atoms with Crippen LogP contribution in [-0.2, 0) is 6.54 Å². The minimum absolute atomic E-state index is 0.278. The van der Waals surface area contributed by atoms with Crippen LogP contribution >= 0.6 is 31.9 Å². The zero-order chi connectivity index (χ0) is 21.7. The maximum atomic E-state index is 12.4. The second kappa shape index (κ2) is 9.63. The molecule has 0 saturated carbocycles. The van der Waals surface area contributed by atoms with E-state index >= 15 is 0 Å². The second-order valence-electron chi connectivity index (χ2n) is 6.03. The third kappa shape index (κ3) is 5.30. The van der Waals surface area contributed by atoms with Gasteiger partial charge in [0.1, 0.15) is 11.9 Å². The van der Waals surface area contributed by atoms with Crippen molar-refractivity contribution >= 4 is 49.7 Å². The van der Waals surface area contributed by atoms with E-state index in [0.717, 1.165) is 14.5 Å². The van der Waals surface area contributed by atoms with E-state index in [1.807, 2.05) is 24.3 Å². The Bertz CT molecular complexity index is 1110. The summed E-state index contributed by atoms with van der Waals surface area (Å²) in [6.45, 7) is 0.278. The molecule has 0 bridgehead atoms. The number of ether oxygens (including phenoxy) is 1. The van der Waals surface area contributed by atoms with Gasteiger partial charge in [-0.05, 0) is 35.9 Å². The average molecular weight is 537 g/mol. The van der Waals surface area contributed by atoms with Crippen molar-refractivity contribution in [3.8, 4) is 5.75 Å². The Kier molecular flexibility index (Phi) is 6.95. The molecule has 1 N–H and O–H groups in total. The summed E-state index contributed by atoms with van der Waals surface area (Å²) >= 11 is 6.70. The van der Waals surface area contributed by atoms with Crippen LogP contribution in [0.1, 0.15) is 21.6 Å². The summed E-state index contributed by atoms with van der Waals surface area (Å²) in [7, 11) is 1.51. The van der Waals surface area contributed by atoms with Gasteiger partial charge in [0.15, 0.2) is 0 Å². The van der Waals surface area contributed by atoms with Gasteiger partial charge >= 0.3 is 5.69 Å². The van der Waals surface area contributed by atoms with E-state index in [2.05, 4.69) is 47.5 Å². The van der Waals surface area contributed by atoms with Crippen LogP contribution in [0.5, 0.6) is 5.75 Å². The number of hydrogen-bond donors (Lipinski definition) is 1. The SMILES string of the molecule is COc1ccc(Br)cc1C=NNC(=O)c1nn(Cc2ccc(Br)cc2)cc1[N+](=O)[O-]. The molecular weight excluding hydrogens is 522 g/mol. The second-order valence-corrected chi connectivity index (χ2v) is 7.86. The number of carbonyl (C=O) groups excluding carboxylic acids is 1. The summed E-state index contributed by atoms with van der Waals surface area (Å²) in [5, 5.41) is 19.3. The molecule has 1 amide bonds. The molecule has 0 atom stereocenters. The fourth-order valence-corrected chi connectivity index (χ4v) is 3.23. The van der Waals surface area contributed by atoms with Gasteiger partial charge in [-0.3, -0.25) is 19.6 Å². The molecule has 3 aromatic rings. The van der Waals surface area contributed by atoms with Crippen LogP contribution in [0, 0.1) is 10.1 Å². The van der Waals surface area contributed by atoms with Gasteiger partial charge in [0.2, 0.25) is 5.69 Å². The normalized spacial score (nSPS) is 10.9. The first kappa shape index (κ1) is 21.7. The molecule has 3 rings (SSSR count). The number of nitrogens with zero attached hydrogens (tertiary/aromatic N) is 4. The number of hydrogen-bond acceptors (Lipinski definition) is 6. The third-order valence-corrected chi connectivity index (χ3v) is 5.00. The number of carbonyl (C=O) groups is 1. The van der Waals surface area contributed by atoms with Crippen LogP contribution < -0.4 is 10.2 Å². The Morgan fingerprint density at radius 1 is 1.27 bits per heavy atom. The number of hydrazone groups is 1. The molecule has 0 aliphatic carbocycles. The molecule has 11 heteroatoms. The maximum Gasteiger partial charge on any atom is 0.320 e. The zero-order valence-corrected chi connectivity index (χ0v) is 18.8. The van der Waals surface area contributed by atoms with Crippen molar-refractivity contribution in [1.29, 1.82) is 0 Å². The van der Waals surface area contributed by atoms with Crippen LogP contribution in [0.25, 0.3) is 0 Å². The maximum absolute atomic E-state index is 12.4. The number of amides is 1. The van der Waals surface area contributed by atoms with Gasteiger partial charge < -0.3 is 4.74 Å². The van der Waals surface area contributed by atoms with Crippen LogP contribution in [0.4, 0.5) is 5.69 Å². The molecular formula is C19H15Br2N5O4. The summed E-state index contributed by atoms with van der Waals surface area (Å²) in [6, 6.07) is 12.7. The summed E-state index contributed by atoms with van der Waals surface area (Å²) in [6.07, 6.45) is 2.60. The molecule has 0 spiro atoms. The first-order valence-electron chi connectivity index (χ1n) is 8.50. The summed E-state index contributed by atoms with van der Waals surface area (Å²) in [5.74, 6) is -0.234. The van der Waals surface area contributed by atoms with Gasteiger partial charge in [-0.1, -0.05) is 44.0 Å². The molecule has 154 valence electrons. The number of nitro groups is 1. The van der Waals surface area contributed by atoms with Gasteiger partial charge in [-0.25, -0.2) is 5.43 Å². The molecule has 0 unspecified atom stereocenters. The predicted molar refractivity (Wildman–Crippen MR) is 118 cm³/mol. The van der Waals surface area contributed by atoms with Crippen LogP contribution in [0.3, 0.4) is 0 Å². The minimum atomic E-state index is -0.790. The number of aromatic nitrogens is 2. The van der Waals surface area contributed by atoms with E-state index in [0.29, 0.717) is 11.3 Å². The van der Waals surface area contributed by atoms with Crippen molar-refractivity contribution in [3.63, 3.8) is 0 Å². The number of rotatable bonds is 7. The lowest BCUT2D eigenvalue weighted by Gasteiger charge is -2.04. The molecule has 0 aliphatic heterocycles. The number of benzene rings is 2. The summed E-state index contributed by atoms with van der Waals surface area (Å²) in [4.78, 5) is 23.1. The van der Waals surface area contributed by atoms with Gasteiger partial charge in [-0.2, -0.15) is 10.2 Å². The van der Waals surface area contributed by atoms with Crippen molar-refractivity contribution in [2.75, 3.05) is 7.11 Å². The van der Waals surface area contributed by atoms with Crippen molar-refractivity contribution in [1.82, 2.24) is 15.2 Å². The van der Waals surface area contributed by atoms with E-state index in [1.165, 1.54) is 24.2 Å². The molecule has 0 fully saturated rings. The fourth-order valence-electron chi connectivity index (χ4n) is 2.58. The number of halogens is 2. The molecule has 1 heterocycles. The van der Waals surface area contributed by atoms with E-state index in [4.69, 9.17) is 4.74 Å². The molecule has 2 aromatic carbocycles. The number of methoxy groups -OCH3 is 1. The van der Waals surface area contributed by atoms with Gasteiger partial charge in [-0.15, -0.1) is 0 Å². The van der Waals surface area contributed by atoms with Crippen LogP contribution in [-0.4, -0.2) is 33.9 Å². The monoisotopic (exact) mass is 535 g/mol. The standard InChI is InChI=1S/C19H15Br2N5O4/c1-30-17-7-6-15(21)8-13(17)9-22-23-19(27)18-16(26(28)29)11-25(24-18)10-12-2-4-14(20)5-3-12/h2-9,11H,10H2,1H3,(H,23,27). The third-order valence-electron chi connectivity index (χ3n) is 3.97. The largest absolute Gasteiger partial charge is 0.496 e. The Balaban J connectivity index is 1.78. The first-order valence-corrected chi connectivity index (χ1v) is 10.1. The van der Waals surface area contributed by atoms with Gasteiger partial charge in [0.05, 0.1) is 24.8 Å². The zero-order valence-electron chi connectivity index (χ0n) is 15.6. The average Bonchev–Trinajstić information content (AvgIpc) is 3.14. The van der Waals surface area contributed by atoms with Gasteiger partial charge in [0.25, 0.3) is 5.91 Å². The van der Waals surface area contributed by atoms with Crippen molar-refractivity contribution in [2.24, 2.45) is 5.10 Å². The Morgan fingerprint density at radius 2 is 1.97 bits per heavy atom. The minimum Gasteiger partial charge on any atom is -0.496 e.